The van der Waals surface area contributed by atoms with Crippen LogP contribution < -0.4 is 0 Å². The van der Waals surface area contributed by atoms with Gasteiger partial charge in [-0.25, -0.2) is 0 Å². The van der Waals surface area contributed by atoms with Gasteiger partial charge in [-0.1, -0.05) is 36.9 Å². The molecule has 1 rings (SSSR count). The van der Waals surface area contributed by atoms with Crippen LogP contribution in [0.4, 0.5) is 0 Å². The third kappa shape index (κ3) is 4.31. The number of rotatable bonds is 6. The van der Waals surface area contributed by atoms with Crippen molar-refractivity contribution in [1.82, 2.24) is 0 Å². The third-order valence-corrected chi connectivity index (χ3v) is 4.43. The lowest BCUT2D eigenvalue weighted by Crippen LogP contribution is -2.33. The first-order valence-electron chi connectivity index (χ1n) is 5.48. The average Bonchev–Trinajstić information content (AvgIpc) is 2.30. The minimum Gasteiger partial charge on any atom is -0.398 e. The summed E-state index contributed by atoms with van der Waals surface area (Å²) in [4.78, 5) is 0. The molecule has 0 aliphatic rings. The number of hydrogen-bond donors (Lipinski definition) is 0. The van der Waals surface area contributed by atoms with Gasteiger partial charge < -0.3 is 8.85 Å². The molecule has 0 radical (unpaired) electrons. The van der Waals surface area contributed by atoms with Crippen molar-refractivity contribution in [3.8, 4) is 0 Å². The van der Waals surface area contributed by atoms with E-state index >= 15 is 0 Å². The fourth-order valence-electron chi connectivity index (χ4n) is 1.29. The monoisotopic (exact) mass is 236 g/mol. The first kappa shape index (κ1) is 13.2. The molecule has 0 saturated carbocycles. The first-order chi connectivity index (χ1) is 7.57. The Labute approximate surface area is 99.2 Å². The minimum absolute atomic E-state index is 0.723. The van der Waals surface area contributed by atoms with Crippen LogP contribution in [0.3, 0.4) is 0 Å². The molecular formula is C13H20O2Si. The van der Waals surface area contributed by atoms with Crippen molar-refractivity contribution >= 4 is 14.6 Å². The molecule has 0 unspecified atom stereocenters. The lowest BCUT2D eigenvalue weighted by molar-refractivity contribution is 0.213. The Morgan fingerprint density at radius 2 is 1.88 bits per heavy atom. The van der Waals surface area contributed by atoms with E-state index in [0.717, 1.165) is 18.6 Å². The highest BCUT2D eigenvalue weighted by atomic mass is 28.4. The fraction of sp³-hybridized carbons (Fsp3) is 0.385. The van der Waals surface area contributed by atoms with E-state index in [1.165, 1.54) is 5.56 Å². The van der Waals surface area contributed by atoms with Crippen molar-refractivity contribution in [2.24, 2.45) is 0 Å². The Bertz CT molecular complexity index is 330. The van der Waals surface area contributed by atoms with Crippen LogP contribution in [0.2, 0.25) is 13.1 Å². The summed E-state index contributed by atoms with van der Waals surface area (Å²) in [7, 11) is -0.152. The van der Waals surface area contributed by atoms with Gasteiger partial charge in [-0.2, -0.15) is 0 Å². The topological polar surface area (TPSA) is 18.5 Å². The largest absolute Gasteiger partial charge is 0.398 e. The van der Waals surface area contributed by atoms with Gasteiger partial charge in [0, 0.05) is 13.7 Å². The summed E-state index contributed by atoms with van der Waals surface area (Å²) in [5.74, 6) is 0. The molecule has 88 valence electrons. The molecule has 1 aromatic carbocycles. The summed E-state index contributed by atoms with van der Waals surface area (Å²) in [5.41, 5.74) is 2.43. The van der Waals surface area contributed by atoms with E-state index in [2.05, 4.69) is 30.8 Å². The molecule has 0 spiro atoms. The van der Waals surface area contributed by atoms with Crippen molar-refractivity contribution in [2.75, 3.05) is 13.7 Å². The molecule has 0 amide bonds. The normalized spacial score (nSPS) is 11.4. The van der Waals surface area contributed by atoms with E-state index < -0.39 is 8.56 Å². The molecule has 0 saturated heterocycles. The van der Waals surface area contributed by atoms with E-state index in [0.29, 0.717) is 0 Å². The van der Waals surface area contributed by atoms with Gasteiger partial charge in [-0.05, 0) is 30.6 Å². The first-order valence-corrected chi connectivity index (χ1v) is 8.29. The maximum absolute atomic E-state index is 5.74. The highest BCUT2D eigenvalue weighted by Crippen LogP contribution is 2.09. The predicted molar refractivity (Wildman–Crippen MR) is 70.7 cm³/mol. The van der Waals surface area contributed by atoms with Gasteiger partial charge in [0.2, 0.25) is 0 Å². The minimum atomic E-state index is -1.87. The molecule has 0 heterocycles. The smallest absolute Gasteiger partial charge is 0.331 e. The van der Waals surface area contributed by atoms with Gasteiger partial charge in [0.15, 0.2) is 0 Å². The van der Waals surface area contributed by atoms with E-state index in [-0.39, 0.29) is 0 Å². The maximum Gasteiger partial charge on any atom is 0.331 e. The molecule has 3 heteroatoms. The van der Waals surface area contributed by atoms with Gasteiger partial charge >= 0.3 is 8.56 Å². The molecular weight excluding hydrogens is 216 g/mol. The van der Waals surface area contributed by atoms with Crippen LogP contribution in [-0.4, -0.2) is 22.3 Å². The molecule has 0 fully saturated rings. The van der Waals surface area contributed by atoms with Crippen molar-refractivity contribution in [1.29, 1.82) is 0 Å². The lowest BCUT2D eigenvalue weighted by Gasteiger charge is -2.20. The van der Waals surface area contributed by atoms with Crippen molar-refractivity contribution in [3.63, 3.8) is 0 Å². The Morgan fingerprint density at radius 3 is 2.38 bits per heavy atom. The van der Waals surface area contributed by atoms with Crippen molar-refractivity contribution in [3.05, 3.63) is 42.0 Å². The highest BCUT2D eigenvalue weighted by Gasteiger charge is 2.21. The molecule has 16 heavy (non-hydrogen) atoms. The number of benzene rings is 1. The highest BCUT2D eigenvalue weighted by molar-refractivity contribution is 6.64. The molecule has 0 N–H and O–H groups in total. The van der Waals surface area contributed by atoms with Gasteiger partial charge in [0.05, 0.1) is 0 Å². The van der Waals surface area contributed by atoms with Crippen LogP contribution in [0.1, 0.15) is 11.1 Å². The maximum atomic E-state index is 5.74. The lowest BCUT2D eigenvalue weighted by atomic mass is 10.1. The van der Waals surface area contributed by atoms with Crippen molar-refractivity contribution < 1.29 is 8.85 Å². The zero-order valence-corrected chi connectivity index (χ0v) is 11.3. The standard InChI is InChI=1S/C13H20O2Si/c1-5-12-6-8-13(9-7-12)10-11-15-16(3,4)14-2/h5-9H,1,10-11H2,2-4H3. The Hall–Kier alpha value is -0.903. The van der Waals surface area contributed by atoms with Gasteiger partial charge in [0.25, 0.3) is 0 Å². The van der Waals surface area contributed by atoms with Crippen LogP contribution in [0, 0.1) is 0 Å². The average molecular weight is 236 g/mol. The van der Waals surface area contributed by atoms with Gasteiger partial charge in [0.1, 0.15) is 0 Å². The third-order valence-electron chi connectivity index (χ3n) is 2.55. The second-order valence-corrected chi connectivity index (χ2v) is 7.64. The van der Waals surface area contributed by atoms with E-state index in [9.17, 15) is 0 Å². The summed E-state index contributed by atoms with van der Waals surface area (Å²) in [6.45, 7) is 8.55. The quantitative estimate of drug-likeness (QED) is 0.706. The summed E-state index contributed by atoms with van der Waals surface area (Å²) in [6, 6.07) is 8.37. The fourth-order valence-corrected chi connectivity index (χ4v) is 2.01. The van der Waals surface area contributed by atoms with Crippen molar-refractivity contribution in [2.45, 2.75) is 19.5 Å². The number of hydrogen-bond acceptors (Lipinski definition) is 2. The summed E-state index contributed by atoms with van der Waals surface area (Å²) < 4.78 is 11.1. The summed E-state index contributed by atoms with van der Waals surface area (Å²) in [5, 5.41) is 0. The van der Waals surface area contributed by atoms with Crippen LogP contribution in [0.5, 0.6) is 0 Å². The zero-order valence-electron chi connectivity index (χ0n) is 10.3. The Kier molecular flexibility index (Phi) is 4.93. The Morgan fingerprint density at radius 1 is 1.25 bits per heavy atom. The van der Waals surface area contributed by atoms with Crippen LogP contribution in [0.25, 0.3) is 6.08 Å². The molecule has 0 aromatic heterocycles. The molecule has 0 bridgehead atoms. The van der Waals surface area contributed by atoms with Crippen LogP contribution in [0.15, 0.2) is 30.8 Å². The van der Waals surface area contributed by atoms with Crippen LogP contribution >= 0.6 is 0 Å². The zero-order chi connectivity index (χ0) is 12.0. The second-order valence-electron chi connectivity index (χ2n) is 4.15. The predicted octanol–water partition coefficient (Wildman–Crippen LogP) is 3.24. The van der Waals surface area contributed by atoms with E-state index in [1.54, 1.807) is 7.11 Å². The molecule has 1 aromatic rings. The van der Waals surface area contributed by atoms with Gasteiger partial charge in [-0.15, -0.1) is 0 Å². The van der Waals surface area contributed by atoms with Gasteiger partial charge in [-0.3, -0.25) is 0 Å². The molecule has 2 nitrogen and oxygen atoms in total. The molecule has 0 atom stereocenters. The van der Waals surface area contributed by atoms with E-state index in [4.69, 9.17) is 8.85 Å². The van der Waals surface area contributed by atoms with Crippen LogP contribution in [-0.2, 0) is 15.3 Å². The Balaban J connectivity index is 2.40. The SMILES string of the molecule is C=Cc1ccc(CCO[Si](C)(C)OC)cc1. The summed E-state index contributed by atoms with van der Waals surface area (Å²) in [6.07, 6.45) is 2.78. The second kappa shape index (κ2) is 5.99. The molecule has 0 aliphatic carbocycles. The molecule has 0 aliphatic heterocycles. The van der Waals surface area contributed by atoms with E-state index in [1.807, 2.05) is 19.2 Å². The summed E-state index contributed by atoms with van der Waals surface area (Å²) >= 11 is 0.